The molecule has 1 aromatic heterocycles. The van der Waals surface area contributed by atoms with Crippen molar-refractivity contribution < 1.29 is 9.21 Å². The number of nitrogens with one attached hydrogen (secondary N) is 1. The number of furan rings is 1. The third-order valence-electron chi connectivity index (χ3n) is 3.19. The highest BCUT2D eigenvalue weighted by molar-refractivity contribution is 5.78. The predicted octanol–water partition coefficient (Wildman–Crippen LogP) is 1.86. The topological polar surface area (TPSA) is 45.5 Å². The van der Waals surface area contributed by atoms with Crippen LogP contribution in [0.3, 0.4) is 0 Å². The molecular formula is C13H20N2O2. The zero-order valence-corrected chi connectivity index (χ0v) is 10.5. The van der Waals surface area contributed by atoms with Gasteiger partial charge in [0.15, 0.2) is 0 Å². The van der Waals surface area contributed by atoms with E-state index < -0.39 is 0 Å². The molecule has 94 valence electrons. The van der Waals surface area contributed by atoms with E-state index in [1.165, 1.54) is 0 Å². The lowest BCUT2D eigenvalue weighted by Gasteiger charge is -2.17. The molecule has 1 atom stereocenters. The minimum Gasteiger partial charge on any atom is -0.465 e. The van der Waals surface area contributed by atoms with Gasteiger partial charge in [-0.25, -0.2) is 0 Å². The Morgan fingerprint density at radius 1 is 1.53 bits per heavy atom. The van der Waals surface area contributed by atoms with Crippen LogP contribution in [0.25, 0.3) is 0 Å². The quantitative estimate of drug-likeness (QED) is 0.848. The molecule has 1 aliphatic rings. The third-order valence-corrected chi connectivity index (χ3v) is 3.19. The fourth-order valence-electron chi connectivity index (χ4n) is 2.14. The van der Waals surface area contributed by atoms with Crippen LogP contribution < -0.4 is 5.32 Å². The van der Waals surface area contributed by atoms with Crippen molar-refractivity contribution in [2.24, 2.45) is 0 Å². The van der Waals surface area contributed by atoms with E-state index in [4.69, 9.17) is 4.42 Å². The predicted molar refractivity (Wildman–Crippen MR) is 65.7 cm³/mol. The van der Waals surface area contributed by atoms with Crippen molar-refractivity contribution in [2.45, 2.75) is 32.7 Å². The maximum atomic E-state index is 11.4. The van der Waals surface area contributed by atoms with Gasteiger partial charge < -0.3 is 14.6 Å². The molecule has 1 fully saturated rings. The number of nitrogens with zero attached hydrogens (tertiary/aromatic N) is 1. The standard InChI is InChI=1S/C13H20N2O2/c1-10-5-6-12(17-10)11(2)14-7-9-15-8-3-4-13(15)16/h5-6,11,14H,3-4,7-9H2,1-2H3. The van der Waals surface area contributed by atoms with Crippen LogP contribution in [0.2, 0.25) is 0 Å². The zero-order valence-electron chi connectivity index (χ0n) is 10.5. The van der Waals surface area contributed by atoms with Gasteiger partial charge in [-0.05, 0) is 32.4 Å². The molecule has 0 radical (unpaired) electrons. The molecule has 2 heterocycles. The Kier molecular flexibility index (Phi) is 3.84. The van der Waals surface area contributed by atoms with E-state index in [1.54, 1.807) is 0 Å². The summed E-state index contributed by atoms with van der Waals surface area (Å²) in [6.07, 6.45) is 1.72. The van der Waals surface area contributed by atoms with Crippen LogP contribution in [0, 0.1) is 6.92 Å². The van der Waals surface area contributed by atoms with E-state index in [0.717, 1.165) is 37.6 Å². The number of carbonyl (C=O) groups is 1. The molecule has 1 saturated heterocycles. The van der Waals surface area contributed by atoms with Gasteiger partial charge in [-0.15, -0.1) is 0 Å². The molecule has 0 bridgehead atoms. The maximum Gasteiger partial charge on any atom is 0.222 e. The Morgan fingerprint density at radius 2 is 2.35 bits per heavy atom. The van der Waals surface area contributed by atoms with Crippen molar-refractivity contribution in [1.29, 1.82) is 0 Å². The van der Waals surface area contributed by atoms with E-state index in [-0.39, 0.29) is 11.9 Å². The number of amides is 1. The van der Waals surface area contributed by atoms with Crippen LogP contribution in [0.15, 0.2) is 16.5 Å². The summed E-state index contributed by atoms with van der Waals surface area (Å²) in [6, 6.07) is 4.16. The normalized spacial score (nSPS) is 17.8. The lowest BCUT2D eigenvalue weighted by molar-refractivity contribution is -0.127. The van der Waals surface area contributed by atoms with Crippen molar-refractivity contribution in [3.05, 3.63) is 23.7 Å². The van der Waals surface area contributed by atoms with Crippen molar-refractivity contribution in [2.75, 3.05) is 19.6 Å². The summed E-state index contributed by atoms with van der Waals surface area (Å²) in [7, 11) is 0. The Labute approximate surface area is 102 Å². The van der Waals surface area contributed by atoms with Gasteiger partial charge in [0.05, 0.1) is 6.04 Å². The van der Waals surface area contributed by atoms with Gasteiger partial charge >= 0.3 is 0 Å². The van der Waals surface area contributed by atoms with Gasteiger partial charge in [-0.1, -0.05) is 0 Å². The molecule has 1 unspecified atom stereocenters. The molecule has 0 aromatic carbocycles. The van der Waals surface area contributed by atoms with Crippen LogP contribution in [0.5, 0.6) is 0 Å². The Morgan fingerprint density at radius 3 is 2.94 bits per heavy atom. The van der Waals surface area contributed by atoms with Crippen molar-refractivity contribution >= 4 is 5.91 Å². The van der Waals surface area contributed by atoms with E-state index in [0.29, 0.717) is 6.42 Å². The average Bonchev–Trinajstić information content (AvgIpc) is 2.88. The van der Waals surface area contributed by atoms with E-state index in [2.05, 4.69) is 12.2 Å². The average molecular weight is 236 g/mol. The first-order valence-corrected chi connectivity index (χ1v) is 6.24. The second-order valence-electron chi connectivity index (χ2n) is 4.61. The van der Waals surface area contributed by atoms with Crippen LogP contribution in [-0.2, 0) is 4.79 Å². The monoisotopic (exact) mass is 236 g/mol. The van der Waals surface area contributed by atoms with Gasteiger partial charge in [-0.3, -0.25) is 4.79 Å². The third kappa shape index (κ3) is 3.09. The molecule has 0 aliphatic carbocycles. The number of carbonyl (C=O) groups excluding carboxylic acids is 1. The molecule has 0 spiro atoms. The Bertz CT molecular complexity index is 387. The first kappa shape index (κ1) is 12.2. The summed E-state index contributed by atoms with van der Waals surface area (Å²) < 4.78 is 5.55. The highest BCUT2D eigenvalue weighted by Crippen LogP contribution is 2.15. The highest BCUT2D eigenvalue weighted by Gasteiger charge is 2.19. The lowest BCUT2D eigenvalue weighted by Crippen LogP contribution is -2.33. The molecule has 1 aliphatic heterocycles. The minimum absolute atomic E-state index is 0.196. The number of likely N-dealkylation sites (tertiary alicyclic amines) is 1. The van der Waals surface area contributed by atoms with Gasteiger partial charge in [0, 0.05) is 26.1 Å². The smallest absolute Gasteiger partial charge is 0.222 e. The number of hydrogen-bond donors (Lipinski definition) is 1. The zero-order chi connectivity index (χ0) is 12.3. The van der Waals surface area contributed by atoms with Crippen LogP contribution >= 0.6 is 0 Å². The molecule has 0 saturated carbocycles. The van der Waals surface area contributed by atoms with E-state index in [9.17, 15) is 4.79 Å². The lowest BCUT2D eigenvalue weighted by atomic mass is 10.2. The molecule has 4 heteroatoms. The summed E-state index contributed by atoms with van der Waals surface area (Å²) in [5.41, 5.74) is 0. The maximum absolute atomic E-state index is 11.4. The van der Waals surface area contributed by atoms with Crippen LogP contribution in [0.1, 0.15) is 37.3 Å². The highest BCUT2D eigenvalue weighted by atomic mass is 16.3. The first-order valence-electron chi connectivity index (χ1n) is 6.24. The molecule has 1 aromatic rings. The Hall–Kier alpha value is -1.29. The van der Waals surface area contributed by atoms with Crippen LogP contribution in [0.4, 0.5) is 0 Å². The second-order valence-corrected chi connectivity index (χ2v) is 4.61. The number of aryl methyl sites for hydroxylation is 1. The summed E-state index contributed by atoms with van der Waals surface area (Å²) in [4.78, 5) is 13.3. The van der Waals surface area contributed by atoms with E-state index >= 15 is 0 Å². The molecular weight excluding hydrogens is 216 g/mol. The fraction of sp³-hybridized carbons (Fsp3) is 0.615. The van der Waals surface area contributed by atoms with Crippen molar-refractivity contribution in [1.82, 2.24) is 10.2 Å². The van der Waals surface area contributed by atoms with Crippen molar-refractivity contribution in [3.63, 3.8) is 0 Å². The molecule has 4 nitrogen and oxygen atoms in total. The summed E-state index contributed by atoms with van der Waals surface area (Å²) in [5, 5.41) is 3.37. The minimum atomic E-state index is 0.196. The summed E-state index contributed by atoms with van der Waals surface area (Å²) in [6.45, 7) is 6.54. The fourth-order valence-corrected chi connectivity index (χ4v) is 2.14. The molecule has 17 heavy (non-hydrogen) atoms. The second kappa shape index (κ2) is 5.36. The first-order chi connectivity index (χ1) is 8.16. The molecule has 1 N–H and O–H groups in total. The number of rotatable bonds is 5. The summed E-state index contributed by atoms with van der Waals surface area (Å²) in [5.74, 6) is 2.17. The Balaban J connectivity index is 1.73. The van der Waals surface area contributed by atoms with Gasteiger partial charge in [0.1, 0.15) is 11.5 Å². The largest absolute Gasteiger partial charge is 0.465 e. The van der Waals surface area contributed by atoms with Gasteiger partial charge in [0.25, 0.3) is 0 Å². The molecule has 1 amide bonds. The van der Waals surface area contributed by atoms with E-state index in [1.807, 2.05) is 24.0 Å². The van der Waals surface area contributed by atoms with Gasteiger partial charge in [-0.2, -0.15) is 0 Å². The number of hydrogen-bond acceptors (Lipinski definition) is 3. The van der Waals surface area contributed by atoms with Crippen LogP contribution in [-0.4, -0.2) is 30.4 Å². The summed E-state index contributed by atoms with van der Waals surface area (Å²) >= 11 is 0. The SMILES string of the molecule is Cc1ccc(C(C)NCCN2CCCC2=O)o1. The molecule has 2 rings (SSSR count). The van der Waals surface area contributed by atoms with Gasteiger partial charge in [0.2, 0.25) is 5.91 Å². The van der Waals surface area contributed by atoms with Crippen molar-refractivity contribution in [3.8, 4) is 0 Å².